The second-order valence-corrected chi connectivity index (χ2v) is 17.8. The van der Waals surface area contributed by atoms with Gasteiger partial charge in [-0.15, -0.1) is 18.3 Å². The molecule has 7 rings (SSSR count). The number of nitrogens with zero attached hydrogens (tertiary/aromatic N) is 2. The number of allylic oxidation sites excluding steroid dienone is 1. The molecule has 0 aromatic heterocycles. The first-order chi connectivity index (χ1) is 32.3. The summed E-state index contributed by atoms with van der Waals surface area (Å²) in [5, 5.41) is 24.7. The standard InChI is InChI=1S/C53H63FN2O9S/c1-4-29-62-53-49(56(35-37-17-19-40(54)20-18-37)52(59)61-31-30-60-36-38-13-7-6-8-14-38)34-47(55-63-5-2)45-32-39(15-9-11-27-57)44(16-10-12-28-58)50(51(45)53)46-33-42(23-26-48(46)65-53)64-41-21-24-43(66-3)25-22-41/h4,6-8,13-14,17-26,32-33,39,44,49-51,57-58H,1,5,9-12,15-16,27-31,34-36H2,2-3H3. The fourth-order valence-corrected chi connectivity index (χ4v) is 10.2. The van der Waals surface area contributed by atoms with Crippen molar-refractivity contribution < 1.29 is 47.9 Å². The van der Waals surface area contributed by atoms with Crippen molar-refractivity contribution >= 4 is 23.6 Å². The Labute approximate surface area is 392 Å². The van der Waals surface area contributed by atoms with Gasteiger partial charge >= 0.3 is 6.09 Å². The number of benzene rings is 4. The SMILES string of the molecule is C=CCOC12Oc3ccc(Oc4ccc(SC)cc4)cc3C3C(CCCCO)C(CCCCO)C=C(C(=NOCC)CC1N(Cc1ccc(F)cc1)C(=O)OCCOCc1ccccc1)C32. The quantitative estimate of drug-likeness (QED) is 0.0303. The first-order valence-electron chi connectivity index (χ1n) is 23.1. The lowest BCUT2D eigenvalue weighted by molar-refractivity contribution is -0.256. The Bertz CT molecular complexity index is 2240. The number of carbonyl (C=O) groups is 1. The maximum absolute atomic E-state index is 14.8. The third-order valence-electron chi connectivity index (χ3n) is 12.7. The van der Waals surface area contributed by atoms with Gasteiger partial charge in [0.1, 0.15) is 42.3 Å². The van der Waals surface area contributed by atoms with Crippen LogP contribution >= 0.6 is 11.8 Å². The van der Waals surface area contributed by atoms with Crippen molar-refractivity contribution in [3.05, 3.63) is 144 Å². The van der Waals surface area contributed by atoms with E-state index >= 15 is 0 Å². The predicted octanol–water partition coefficient (Wildman–Crippen LogP) is 10.8. The number of thioether (sulfide) groups is 1. The van der Waals surface area contributed by atoms with Crippen LogP contribution in [-0.4, -0.2) is 84.6 Å². The number of carbonyl (C=O) groups excluding carboxylic acids is 1. The molecule has 4 aromatic carbocycles. The summed E-state index contributed by atoms with van der Waals surface area (Å²) >= 11 is 1.66. The van der Waals surface area contributed by atoms with E-state index < -0.39 is 29.7 Å². The van der Waals surface area contributed by atoms with E-state index in [1.165, 1.54) is 12.1 Å². The van der Waals surface area contributed by atoms with Gasteiger partial charge in [0, 0.05) is 42.6 Å². The molecular formula is C53H63FN2O9S. The molecular weight excluding hydrogens is 860 g/mol. The van der Waals surface area contributed by atoms with Gasteiger partial charge in [0.15, 0.2) is 0 Å². The molecule has 66 heavy (non-hydrogen) atoms. The number of ether oxygens (including phenoxy) is 5. The fourth-order valence-electron chi connectivity index (χ4n) is 9.76. The van der Waals surface area contributed by atoms with Crippen LogP contribution in [0.3, 0.4) is 0 Å². The Balaban J connectivity index is 1.37. The van der Waals surface area contributed by atoms with Crippen LogP contribution in [-0.2, 0) is 32.2 Å². The van der Waals surface area contributed by atoms with Crippen molar-refractivity contribution in [1.29, 1.82) is 0 Å². The third-order valence-corrected chi connectivity index (χ3v) is 13.4. The molecule has 6 unspecified atom stereocenters. The van der Waals surface area contributed by atoms with E-state index in [-0.39, 0.29) is 63.8 Å². The van der Waals surface area contributed by atoms with Crippen LogP contribution in [0.5, 0.6) is 17.2 Å². The van der Waals surface area contributed by atoms with Gasteiger partial charge in [-0.2, -0.15) is 0 Å². The molecule has 0 saturated heterocycles. The summed E-state index contributed by atoms with van der Waals surface area (Å²) in [6, 6.07) is 28.8. The molecule has 1 amide bonds. The van der Waals surface area contributed by atoms with Gasteiger partial charge < -0.3 is 38.7 Å². The molecule has 3 aliphatic rings. The Kier molecular flexibility index (Phi) is 17.7. The smallest absolute Gasteiger partial charge is 0.410 e. The number of hydrogen-bond donors (Lipinski definition) is 2. The maximum atomic E-state index is 14.8. The molecule has 352 valence electrons. The molecule has 1 fully saturated rings. The number of hydrogen-bond acceptors (Lipinski definition) is 11. The number of oxime groups is 1. The Morgan fingerprint density at radius 2 is 1.68 bits per heavy atom. The molecule has 2 N–H and O–H groups in total. The summed E-state index contributed by atoms with van der Waals surface area (Å²) in [6.45, 7) is 7.02. The summed E-state index contributed by atoms with van der Waals surface area (Å²) < 4.78 is 47.4. The molecule has 11 nitrogen and oxygen atoms in total. The number of aliphatic hydroxyl groups is 2. The van der Waals surface area contributed by atoms with Crippen molar-refractivity contribution in [3.8, 4) is 17.2 Å². The van der Waals surface area contributed by atoms with Crippen LogP contribution in [0.2, 0.25) is 0 Å². The van der Waals surface area contributed by atoms with Gasteiger partial charge in [-0.1, -0.05) is 72.6 Å². The summed E-state index contributed by atoms with van der Waals surface area (Å²) in [7, 11) is 0. The zero-order chi connectivity index (χ0) is 46.3. The van der Waals surface area contributed by atoms with E-state index in [0.717, 1.165) is 47.3 Å². The van der Waals surface area contributed by atoms with Gasteiger partial charge in [-0.3, -0.25) is 4.90 Å². The molecule has 13 heteroatoms. The minimum absolute atomic E-state index is 0.0146. The first kappa shape index (κ1) is 48.7. The molecule has 0 radical (unpaired) electrons. The zero-order valence-corrected chi connectivity index (χ0v) is 38.8. The van der Waals surface area contributed by atoms with Crippen molar-refractivity contribution in [2.24, 2.45) is 22.9 Å². The monoisotopic (exact) mass is 922 g/mol. The van der Waals surface area contributed by atoms with Gasteiger partial charge in [0.2, 0.25) is 5.79 Å². The summed E-state index contributed by atoms with van der Waals surface area (Å²) in [4.78, 5) is 23.5. The maximum Gasteiger partial charge on any atom is 0.410 e. The largest absolute Gasteiger partial charge is 0.459 e. The molecule has 1 saturated carbocycles. The highest BCUT2D eigenvalue weighted by Gasteiger charge is 2.65. The summed E-state index contributed by atoms with van der Waals surface area (Å²) in [5.74, 6) is -0.719. The lowest BCUT2D eigenvalue weighted by Crippen LogP contribution is -2.70. The Morgan fingerprint density at radius 1 is 0.939 bits per heavy atom. The molecule has 0 bridgehead atoms. The van der Waals surface area contributed by atoms with E-state index in [1.807, 2.05) is 79.9 Å². The van der Waals surface area contributed by atoms with Crippen molar-refractivity contribution in [2.45, 2.75) is 87.7 Å². The van der Waals surface area contributed by atoms with Crippen LogP contribution < -0.4 is 9.47 Å². The second kappa shape index (κ2) is 24.0. The van der Waals surface area contributed by atoms with Crippen LogP contribution in [0.15, 0.2) is 131 Å². The summed E-state index contributed by atoms with van der Waals surface area (Å²) in [5.41, 5.74) is 4.18. The van der Waals surface area contributed by atoms with Crippen molar-refractivity contribution in [1.82, 2.24) is 4.90 Å². The van der Waals surface area contributed by atoms with Gasteiger partial charge in [0.25, 0.3) is 0 Å². The lowest BCUT2D eigenvalue weighted by Gasteiger charge is -2.59. The molecule has 2 aliphatic carbocycles. The van der Waals surface area contributed by atoms with E-state index in [9.17, 15) is 19.4 Å². The van der Waals surface area contributed by atoms with Gasteiger partial charge in [0.05, 0.1) is 31.5 Å². The molecule has 4 aromatic rings. The minimum Gasteiger partial charge on any atom is -0.459 e. The number of fused-ring (bicyclic) bond motifs is 2. The van der Waals surface area contributed by atoms with Crippen LogP contribution in [0.4, 0.5) is 9.18 Å². The number of amides is 1. The van der Waals surface area contributed by atoms with Crippen molar-refractivity contribution in [2.75, 3.05) is 45.9 Å². The second-order valence-electron chi connectivity index (χ2n) is 16.9. The first-order valence-corrected chi connectivity index (χ1v) is 24.4. The highest BCUT2D eigenvalue weighted by molar-refractivity contribution is 7.98. The van der Waals surface area contributed by atoms with Crippen LogP contribution in [0.25, 0.3) is 0 Å². The van der Waals surface area contributed by atoms with Crippen molar-refractivity contribution in [3.63, 3.8) is 0 Å². The predicted molar refractivity (Wildman–Crippen MR) is 254 cm³/mol. The number of unbranched alkanes of at least 4 members (excludes halogenated alkanes) is 2. The van der Waals surface area contributed by atoms with E-state index in [1.54, 1.807) is 34.9 Å². The van der Waals surface area contributed by atoms with Gasteiger partial charge in [-0.25, -0.2) is 9.18 Å². The fraction of sp³-hybridized carbons (Fsp3) is 0.434. The third kappa shape index (κ3) is 11.7. The van der Waals surface area contributed by atoms with E-state index in [4.69, 9.17) is 33.7 Å². The number of rotatable bonds is 24. The Morgan fingerprint density at radius 3 is 2.39 bits per heavy atom. The highest BCUT2D eigenvalue weighted by atomic mass is 32.2. The average Bonchev–Trinajstić information content (AvgIpc) is 3.34. The molecule has 6 atom stereocenters. The molecule has 0 spiro atoms. The van der Waals surface area contributed by atoms with Crippen LogP contribution in [0, 0.1) is 23.6 Å². The highest BCUT2D eigenvalue weighted by Crippen LogP contribution is 2.62. The summed E-state index contributed by atoms with van der Waals surface area (Å²) in [6.07, 6.45) is 10.0. The minimum atomic E-state index is -1.52. The Hall–Kier alpha value is -5.18. The lowest BCUT2D eigenvalue weighted by atomic mass is 9.55. The molecule has 1 aliphatic heterocycles. The zero-order valence-electron chi connectivity index (χ0n) is 38.0. The van der Waals surface area contributed by atoms with Crippen LogP contribution in [0.1, 0.15) is 74.5 Å². The number of aliphatic hydroxyl groups excluding tert-OH is 2. The molecule has 1 heterocycles. The average molecular weight is 923 g/mol. The normalized spacial score (nSPS) is 22.3. The number of halogens is 1. The van der Waals surface area contributed by atoms with Gasteiger partial charge in [-0.05, 0) is 122 Å². The topological polar surface area (TPSA) is 129 Å². The van der Waals surface area contributed by atoms with E-state index in [0.29, 0.717) is 54.6 Å². The van der Waals surface area contributed by atoms with E-state index in [2.05, 4.69) is 18.7 Å².